The lowest BCUT2D eigenvalue weighted by atomic mass is 10.0. The number of benzene rings is 1. The summed E-state index contributed by atoms with van der Waals surface area (Å²) in [6.07, 6.45) is -0.357. The normalized spacial score (nSPS) is 12.7. The van der Waals surface area contributed by atoms with Crippen molar-refractivity contribution in [2.24, 2.45) is 7.05 Å². The fourth-order valence-electron chi connectivity index (χ4n) is 1.97. The fraction of sp³-hybridized carbons (Fsp3) is 0.308. The Balaban J connectivity index is 2.31. The molecule has 0 aliphatic carbocycles. The van der Waals surface area contributed by atoms with E-state index in [1.807, 2.05) is 26.1 Å². The molecule has 6 heteroatoms. The molecule has 0 saturated heterocycles. The Hall–Kier alpha value is -0.550. The van der Waals surface area contributed by atoms with E-state index >= 15 is 0 Å². The van der Waals surface area contributed by atoms with Crippen molar-refractivity contribution in [1.29, 1.82) is 0 Å². The first-order valence-corrected chi connectivity index (χ1v) is 7.26. The molecule has 0 fully saturated rings. The second kappa shape index (κ2) is 5.83. The third-order valence-electron chi connectivity index (χ3n) is 2.99. The van der Waals surface area contributed by atoms with E-state index < -0.39 is 6.10 Å². The van der Waals surface area contributed by atoms with Gasteiger partial charge in [0.15, 0.2) is 0 Å². The molecule has 0 aliphatic rings. The first-order valence-electron chi connectivity index (χ1n) is 5.71. The number of aromatic nitrogens is 2. The van der Waals surface area contributed by atoms with Crippen LogP contribution in [0.1, 0.15) is 23.1 Å². The van der Waals surface area contributed by atoms with E-state index in [0.717, 1.165) is 15.9 Å². The van der Waals surface area contributed by atoms with Crippen LogP contribution < -0.4 is 0 Å². The molecule has 0 aliphatic heterocycles. The number of nitrogens with zero attached hydrogens (tertiary/aromatic N) is 2. The predicted octanol–water partition coefficient (Wildman–Crippen LogP) is 4.07. The van der Waals surface area contributed by atoms with Crippen LogP contribution in [0.5, 0.6) is 0 Å². The van der Waals surface area contributed by atoms with Crippen LogP contribution in [0.25, 0.3) is 0 Å². The standard InChI is InChI=1S/C13H13BrCl2N2O/c1-7-12(15)10(18(2)17-7)6-11(19)8-4-3-5-9(14)13(8)16/h3-5,11,19H,6H2,1-2H3. The topological polar surface area (TPSA) is 38.0 Å². The highest BCUT2D eigenvalue weighted by Crippen LogP contribution is 2.33. The van der Waals surface area contributed by atoms with Crippen LogP contribution in [0, 0.1) is 6.92 Å². The summed E-state index contributed by atoms with van der Waals surface area (Å²) >= 11 is 15.7. The molecular formula is C13H13BrCl2N2O. The highest BCUT2D eigenvalue weighted by atomic mass is 79.9. The summed E-state index contributed by atoms with van der Waals surface area (Å²) in [6, 6.07) is 5.47. The van der Waals surface area contributed by atoms with Gasteiger partial charge in [-0.05, 0) is 28.9 Å². The number of halogens is 3. The molecule has 0 saturated carbocycles. The van der Waals surface area contributed by atoms with E-state index in [4.69, 9.17) is 23.2 Å². The summed E-state index contributed by atoms with van der Waals surface area (Å²) in [5.74, 6) is 0. The molecule has 0 radical (unpaired) electrons. The van der Waals surface area contributed by atoms with Crippen molar-refractivity contribution >= 4 is 39.1 Å². The summed E-state index contributed by atoms with van der Waals surface area (Å²) < 4.78 is 2.45. The lowest BCUT2D eigenvalue weighted by Gasteiger charge is -2.14. The zero-order chi connectivity index (χ0) is 14.2. The molecule has 1 heterocycles. The van der Waals surface area contributed by atoms with Gasteiger partial charge in [-0.2, -0.15) is 5.10 Å². The second-order valence-electron chi connectivity index (χ2n) is 4.33. The summed E-state index contributed by atoms with van der Waals surface area (Å²) in [5, 5.41) is 15.7. The van der Waals surface area contributed by atoms with Crippen molar-refractivity contribution in [2.75, 3.05) is 0 Å². The van der Waals surface area contributed by atoms with E-state index in [9.17, 15) is 5.11 Å². The van der Waals surface area contributed by atoms with Crippen LogP contribution in [0.2, 0.25) is 10.0 Å². The van der Waals surface area contributed by atoms with Gasteiger partial charge in [0, 0.05) is 23.5 Å². The molecule has 2 aromatic rings. The third-order valence-corrected chi connectivity index (χ3v) is 4.79. The van der Waals surface area contributed by atoms with Gasteiger partial charge in [0.25, 0.3) is 0 Å². The SMILES string of the molecule is Cc1nn(C)c(CC(O)c2cccc(Br)c2Cl)c1Cl. The quantitative estimate of drug-likeness (QED) is 0.892. The molecule has 0 bridgehead atoms. The number of hydrogen-bond acceptors (Lipinski definition) is 2. The minimum absolute atomic E-state index is 0.367. The van der Waals surface area contributed by atoms with Crippen LogP contribution >= 0.6 is 39.1 Å². The summed E-state index contributed by atoms with van der Waals surface area (Å²) in [6.45, 7) is 1.84. The maximum Gasteiger partial charge on any atom is 0.0860 e. The Morgan fingerprint density at radius 3 is 2.63 bits per heavy atom. The Morgan fingerprint density at radius 1 is 1.37 bits per heavy atom. The highest BCUT2D eigenvalue weighted by Gasteiger charge is 2.19. The van der Waals surface area contributed by atoms with Crippen molar-refractivity contribution in [3.05, 3.63) is 49.7 Å². The van der Waals surface area contributed by atoms with Gasteiger partial charge in [-0.15, -0.1) is 0 Å². The third kappa shape index (κ3) is 2.97. The first-order chi connectivity index (χ1) is 8.91. The maximum atomic E-state index is 10.3. The van der Waals surface area contributed by atoms with Gasteiger partial charge in [0.2, 0.25) is 0 Å². The summed E-state index contributed by atoms with van der Waals surface area (Å²) in [7, 11) is 1.81. The molecule has 1 aromatic carbocycles. The van der Waals surface area contributed by atoms with E-state index in [2.05, 4.69) is 21.0 Å². The van der Waals surface area contributed by atoms with Crippen molar-refractivity contribution in [2.45, 2.75) is 19.4 Å². The zero-order valence-corrected chi connectivity index (χ0v) is 13.6. The molecule has 2 rings (SSSR count). The minimum atomic E-state index is -0.725. The molecule has 19 heavy (non-hydrogen) atoms. The van der Waals surface area contributed by atoms with Crippen LogP contribution in [0.15, 0.2) is 22.7 Å². The lowest BCUT2D eigenvalue weighted by molar-refractivity contribution is 0.176. The van der Waals surface area contributed by atoms with Crippen LogP contribution in [0.3, 0.4) is 0 Å². The first kappa shape index (κ1) is 14.9. The maximum absolute atomic E-state index is 10.3. The number of rotatable bonds is 3. The van der Waals surface area contributed by atoms with Gasteiger partial charge in [-0.3, -0.25) is 4.68 Å². The Kier molecular flexibility index (Phi) is 4.56. The molecule has 0 amide bonds. The molecule has 0 spiro atoms. The average Bonchev–Trinajstić information content (AvgIpc) is 2.59. The number of aryl methyl sites for hydroxylation is 2. The molecular weight excluding hydrogens is 351 g/mol. The number of aliphatic hydroxyl groups is 1. The Morgan fingerprint density at radius 2 is 2.05 bits per heavy atom. The number of hydrogen-bond donors (Lipinski definition) is 1. The Bertz CT molecular complexity index is 613. The molecule has 1 aromatic heterocycles. The van der Waals surface area contributed by atoms with Gasteiger partial charge >= 0.3 is 0 Å². The molecule has 102 valence electrons. The highest BCUT2D eigenvalue weighted by molar-refractivity contribution is 9.10. The van der Waals surface area contributed by atoms with Crippen molar-refractivity contribution in [1.82, 2.24) is 9.78 Å². The minimum Gasteiger partial charge on any atom is -0.388 e. The molecule has 1 atom stereocenters. The van der Waals surface area contributed by atoms with Gasteiger partial charge in [0.05, 0.1) is 27.5 Å². The van der Waals surface area contributed by atoms with Gasteiger partial charge < -0.3 is 5.11 Å². The predicted molar refractivity (Wildman–Crippen MR) is 80.8 cm³/mol. The van der Waals surface area contributed by atoms with Crippen LogP contribution in [-0.4, -0.2) is 14.9 Å². The zero-order valence-electron chi connectivity index (χ0n) is 10.5. The van der Waals surface area contributed by atoms with Gasteiger partial charge in [-0.25, -0.2) is 0 Å². The lowest BCUT2D eigenvalue weighted by Crippen LogP contribution is -2.07. The summed E-state index contributed by atoms with van der Waals surface area (Å²) in [5.41, 5.74) is 2.22. The molecule has 1 unspecified atom stereocenters. The summed E-state index contributed by atoms with van der Waals surface area (Å²) in [4.78, 5) is 0. The number of aliphatic hydroxyl groups excluding tert-OH is 1. The largest absolute Gasteiger partial charge is 0.388 e. The smallest absolute Gasteiger partial charge is 0.0860 e. The van der Waals surface area contributed by atoms with E-state index in [1.54, 1.807) is 10.7 Å². The molecule has 3 nitrogen and oxygen atoms in total. The van der Waals surface area contributed by atoms with E-state index in [0.29, 0.717) is 22.0 Å². The molecule has 1 N–H and O–H groups in total. The fourth-order valence-corrected chi connectivity index (χ4v) is 2.84. The van der Waals surface area contributed by atoms with Crippen molar-refractivity contribution in [3.8, 4) is 0 Å². The monoisotopic (exact) mass is 362 g/mol. The van der Waals surface area contributed by atoms with Crippen LogP contribution in [0.4, 0.5) is 0 Å². The van der Waals surface area contributed by atoms with E-state index in [-0.39, 0.29) is 0 Å². The average molecular weight is 364 g/mol. The van der Waals surface area contributed by atoms with E-state index in [1.165, 1.54) is 0 Å². The van der Waals surface area contributed by atoms with Gasteiger partial charge in [0.1, 0.15) is 0 Å². The van der Waals surface area contributed by atoms with Crippen LogP contribution in [-0.2, 0) is 13.5 Å². The van der Waals surface area contributed by atoms with Gasteiger partial charge in [-0.1, -0.05) is 35.3 Å². The van der Waals surface area contributed by atoms with Crippen molar-refractivity contribution in [3.63, 3.8) is 0 Å². The van der Waals surface area contributed by atoms with Crippen molar-refractivity contribution < 1.29 is 5.11 Å². The second-order valence-corrected chi connectivity index (χ2v) is 5.94. The Labute approximate surface area is 130 Å².